The standard InChI is InChI=1S/C13H25NO5S2/c1-11-3-2-6-13(15,9-11)10-14-21(18,19)12-4-7-20(16,17)8-5-12/h11-12,14-15H,2-10H2,1H3. The van der Waals surface area contributed by atoms with Crippen molar-refractivity contribution in [3.8, 4) is 0 Å². The summed E-state index contributed by atoms with van der Waals surface area (Å²) < 4.78 is 49.7. The van der Waals surface area contributed by atoms with E-state index in [4.69, 9.17) is 0 Å². The molecular formula is C13H25NO5S2. The summed E-state index contributed by atoms with van der Waals surface area (Å²) in [6.45, 7) is 2.09. The van der Waals surface area contributed by atoms with Crippen molar-refractivity contribution in [2.45, 2.75) is 56.3 Å². The highest BCUT2D eigenvalue weighted by molar-refractivity contribution is 7.92. The first kappa shape index (κ1) is 17.2. The average Bonchev–Trinajstić information content (AvgIpc) is 2.36. The Morgan fingerprint density at radius 1 is 1.24 bits per heavy atom. The average molecular weight is 339 g/mol. The zero-order valence-corrected chi connectivity index (χ0v) is 14.0. The van der Waals surface area contributed by atoms with Crippen molar-refractivity contribution in [3.05, 3.63) is 0 Å². The van der Waals surface area contributed by atoms with Crippen molar-refractivity contribution in [3.63, 3.8) is 0 Å². The van der Waals surface area contributed by atoms with Crippen LogP contribution in [0.4, 0.5) is 0 Å². The quantitative estimate of drug-likeness (QED) is 0.773. The van der Waals surface area contributed by atoms with Crippen LogP contribution in [0.15, 0.2) is 0 Å². The third kappa shape index (κ3) is 4.64. The number of aliphatic hydroxyl groups is 1. The predicted molar refractivity (Wildman–Crippen MR) is 81.2 cm³/mol. The molecule has 0 bridgehead atoms. The maximum Gasteiger partial charge on any atom is 0.214 e. The lowest BCUT2D eigenvalue weighted by Gasteiger charge is -2.36. The molecule has 0 aromatic heterocycles. The van der Waals surface area contributed by atoms with Gasteiger partial charge in [0.15, 0.2) is 0 Å². The lowest BCUT2D eigenvalue weighted by Crippen LogP contribution is -2.49. The number of sulfonamides is 1. The van der Waals surface area contributed by atoms with Crippen LogP contribution in [0, 0.1) is 5.92 Å². The van der Waals surface area contributed by atoms with Gasteiger partial charge in [-0.1, -0.05) is 19.8 Å². The zero-order chi connectivity index (χ0) is 15.7. The van der Waals surface area contributed by atoms with E-state index < -0.39 is 30.7 Å². The Labute approximate surface area is 127 Å². The summed E-state index contributed by atoms with van der Waals surface area (Å²) in [5, 5.41) is 9.80. The van der Waals surface area contributed by atoms with Gasteiger partial charge in [0, 0.05) is 6.54 Å². The van der Waals surface area contributed by atoms with E-state index in [1.54, 1.807) is 0 Å². The molecule has 0 spiro atoms. The van der Waals surface area contributed by atoms with Gasteiger partial charge in [0.25, 0.3) is 0 Å². The summed E-state index contributed by atoms with van der Waals surface area (Å²) in [5.41, 5.74) is -0.967. The first-order valence-electron chi connectivity index (χ1n) is 7.53. The minimum absolute atomic E-state index is 0.0307. The van der Waals surface area contributed by atoms with Crippen LogP contribution in [0.5, 0.6) is 0 Å². The molecule has 1 saturated carbocycles. The van der Waals surface area contributed by atoms with E-state index in [9.17, 15) is 21.9 Å². The molecule has 1 saturated heterocycles. The molecule has 2 rings (SSSR count). The summed E-state index contributed by atoms with van der Waals surface area (Å²) in [6.07, 6.45) is 3.48. The first-order valence-corrected chi connectivity index (χ1v) is 10.9. The van der Waals surface area contributed by atoms with Crippen LogP contribution in [0.25, 0.3) is 0 Å². The summed E-state index contributed by atoms with van der Waals surface area (Å²) in [5.74, 6) is 0.257. The maximum atomic E-state index is 12.2. The molecule has 2 unspecified atom stereocenters. The van der Waals surface area contributed by atoms with E-state index >= 15 is 0 Å². The van der Waals surface area contributed by atoms with Gasteiger partial charge in [-0.3, -0.25) is 0 Å². The fourth-order valence-electron chi connectivity index (χ4n) is 3.32. The van der Waals surface area contributed by atoms with Crippen molar-refractivity contribution >= 4 is 19.9 Å². The molecule has 0 aromatic rings. The Morgan fingerprint density at radius 2 is 1.86 bits per heavy atom. The van der Waals surface area contributed by atoms with Crippen molar-refractivity contribution < 1.29 is 21.9 Å². The largest absolute Gasteiger partial charge is 0.389 e. The highest BCUT2D eigenvalue weighted by Gasteiger charge is 2.37. The van der Waals surface area contributed by atoms with E-state index in [1.807, 2.05) is 0 Å². The normalized spacial score (nSPS) is 34.7. The topological polar surface area (TPSA) is 101 Å². The van der Waals surface area contributed by atoms with Gasteiger partial charge in [-0.2, -0.15) is 0 Å². The van der Waals surface area contributed by atoms with Crippen molar-refractivity contribution in [1.29, 1.82) is 0 Å². The third-order valence-electron chi connectivity index (χ3n) is 4.61. The zero-order valence-electron chi connectivity index (χ0n) is 12.4. The third-order valence-corrected chi connectivity index (χ3v) is 8.22. The molecule has 0 amide bonds. The molecule has 6 nitrogen and oxygen atoms in total. The van der Waals surface area contributed by atoms with Gasteiger partial charge < -0.3 is 5.11 Å². The number of sulfone groups is 1. The van der Waals surface area contributed by atoms with Crippen molar-refractivity contribution in [2.75, 3.05) is 18.1 Å². The van der Waals surface area contributed by atoms with Gasteiger partial charge in [0.1, 0.15) is 9.84 Å². The molecule has 1 aliphatic carbocycles. The van der Waals surface area contributed by atoms with Crippen LogP contribution in [0.3, 0.4) is 0 Å². The van der Waals surface area contributed by atoms with Crippen LogP contribution >= 0.6 is 0 Å². The summed E-state index contributed by atoms with van der Waals surface area (Å²) in [7, 11) is -6.64. The smallest absolute Gasteiger partial charge is 0.214 e. The number of nitrogens with one attached hydrogen (secondary N) is 1. The van der Waals surface area contributed by atoms with Gasteiger partial charge >= 0.3 is 0 Å². The van der Waals surface area contributed by atoms with Gasteiger partial charge in [0.2, 0.25) is 10.0 Å². The highest BCUT2D eigenvalue weighted by atomic mass is 32.2. The Hall–Kier alpha value is -0.180. The molecule has 1 heterocycles. The fourth-order valence-corrected chi connectivity index (χ4v) is 6.68. The Balaban J connectivity index is 1.92. The molecular weight excluding hydrogens is 314 g/mol. The van der Waals surface area contributed by atoms with Gasteiger partial charge in [-0.05, 0) is 31.6 Å². The molecule has 2 N–H and O–H groups in total. The van der Waals surface area contributed by atoms with Crippen LogP contribution in [0.2, 0.25) is 0 Å². The fraction of sp³-hybridized carbons (Fsp3) is 1.00. The maximum absolute atomic E-state index is 12.2. The van der Waals surface area contributed by atoms with Crippen molar-refractivity contribution in [2.24, 2.45) is 5.92 Å². The Morgan fingerprint density at radius 3 is 2.43 bits per heavy atom. The van der Waals surface area contributed by atoms with Crippen LogP contribution in [-0.4, -0.2) is 50.8 Å². The molecule has 2 atom stereocenters. The van der Waals surface area contributed by atoms with Crippen molar-refractivity contribution in [1.82, 2.24) is 4.72 Å². The first-order chi connectivity index (χ1) is 9.62. The minimum atomic E-state index is -3.56. The Bertz CT molecular complexity index is 557. The second kappa shape index (κ2) is 6.14. The number of hydrogen-bond acceptors (Lipinski definition) is 5. The van der Waals surface area contributed by atoms with E-state index in [2.05, 4.69) is 11.6 Å². The molecule has 21 heavy (non-hydrogen) atoms. The van der Waals surface area contributed by atoms with Gasteiger partial charge in [-0.25, -0.2) is 21.6 Å². The van der Waals surface area contributed by atoms with Crippen LogP contribution < -0.4 is 4.72 Å². The lowest BCUT2D eigenvalue weighted by atomic mass is 9.79. The molecule has 8 heteroatoms. The predicted octanol–water partition coefficient (Wildman–Crippen LogP) is 0.424. The SMILES string of the molecule is CC1CCCC(O)(CNS(=O)(=O)C2CCS(=O)(=O)CC2)C1. The molecule has 2 aliphatic rings. The number of rotatable bonds is 4. The lowest BCUT2D eigenvalue weighted by molar-refractivity contribution is -0.00756. The summed E-state index contributed by atoms with van der Waals surface area (Å²) in [4.78, 5) is 0. The second-order valence-corrected chi connectivity index (χ2v) is 11.0. The molecule has 2 fully saturated rings. The van der Waals surface area contributed by atoms with Gasteiger partial charge in [0.05, 0.1) is 22.4 Å². The summed E-state index contributed by atoms with van der Waals surface area (Å²) >= 11 is 0. The van der Waals surface area contributed by atoms with Crippen LogP contribution in [-0.2, 0) is 19.9 Å². The van der Waals surface area contributed by atoms with E-state index in [-0.39, 0.29) is 30.9 Å². The minimum Gasteiger partial charge on any atom is -0.389 e. The molecule has 0 aromatic carbocycles. The number of hydrogen-bond donors (Lipinski definition) is 2. The molecule has 124 valence electrons. The highest BCUT2D eigenvalue weighted by Crippen LogP contribution is 2.32. The molecule has 1 aliphatic heterocycles. The Kier molecular flexibility index (Phi) is 5.02. The molecule has 0 radical (unpaired) electrons. The van der Waals surface area contributed by atoms with Gasteiger partial charge in [-0.15, -0.1) is 0 Å². The summed E-state index contributed by atoms with van der Waals surface area (Å²) in [6, 6.07) is 0. The van der Waals surface area contributed by atoms with E-state index in [1.165, 1.54) is 0 Å². The van der Waals surface area contributed by atoms with E-state index in [0.29, 0.717) is 18.8 Å². The monoisotopic (exact) mass is 339 g/mol. The van der Waals surface area contributed by atoms with Crippen LogP contribution in [0.1, 0.15) is 45.4 Å². The van der Waals surface area contributed by atoms with E-state index in [0.717, 1.165) is 12.8 Å². The second-order valence-electron chi connectivity index (χ2n) is 6.64.